The van der Waals surface area contributed by atoms with E-state index in [1.807, 2.05) is 27.7 Å². The van der Waals surface area contributed by atoms with Crippen molar-refractivity contribution in [2.75, 3.05) is 18.9 Å². The molecule has 0 aromatic heterocycles. The van der Waals surface area contributed by atoms with Crippen molar-refractivity contribution in [2.24, 2.45) is 23.5 Å². The number of rotatable bonds is 12. The monoisotopic (exact) mass is 447 g/mol. The number of carbonyl (C=O) groups excluding carboxylic acids is 2. The molecule has 5 atom stereocenters. The van der Waals surface area contributed by atoms with E-state index < -0.39 is 37.4 Å². The van der Waals surface area contributed by atoms with Crippen molar-refractivity contribution in [2.45, 2.75) is 84.4 Å². The fraction of sp³-hybridized carbons (Fsp3) is 0.905. The fourth-order valence-electron chi connectivity index (χ4n) is 3.82. The van der Waals surface area contributed by atoms with Gasteiger partial charge in [0.2, 0.25) is 19.2 Å². The van der Waals surface area contributed by atoms with Crippen LogP contribution in [-0.4, -0.2) is 58.9 Å². The van der Waals surface area contributed by atoms with Crippen molar-refractivity contribution in [3.63, 3.8) is 0 Å². The number of carbonyl (C=O) groups is 2. The Morgan fingerprint density at radius 2 is 1.73 bits per heavy atom. The normalized spacial score (nSPS) is 21.3. The lowest BCUT2D eigenvalue weighted by Gasteiger charge is -2.27. The Balaban J connectivity index is 2.57. The van der Waals surface area contributed by atoms with Gasteiger partial charge in [-0.2, -0.15) is 0 Å². The Kier molecular flexibility index (Phi) is 11.6. The standard InChI is InChI=1S/C21H42N3O5P/c1-5-15(4)19(24-20(26)18(22)14(2)3)21(27)23-11-17(25)13-30(28,29)12-16-9-7-6-8-10-16/h14-19,25H,5-13,22H2,1-4H3,(H,23,27)(H,24,26)(H,28,29)/t15?,17-,18+,19+/m1/s1. The SMILES string of the molecule is CCC(C)[C@H](NC(=O)[C@@H](N)C(C)C)C(=O)NC[C@@H](O)CP(=O)(O)CC1CCCCC1. The van der Waals surface area contributed by atoms with E-state index in [0.29, 0.717) is 6.42 Å². The Morgan fingerprint density at radius 1 is 1.13 bits per heavy atom. The topological polar surface area (TPSA) is 142 Å². The summed E-state index contributed by atoms with van der Waals surface area (Å²) in [5.41, 5.74) is 5.88. The van der Waals surface area contributed by atoms with Crippen LogP contribution in [0, 0.1) is 17.8 Å². The van der Waals surface area contributed by atoms with Gasteiger partial charge in [0.15, 0.2) is 0 Å². The van der Waals surface area contributed by atoms with Crippen LogP contribution in [0.25, 0.3) is 0 Å². The molecule has 0 radical (unpaired) electrons. The number of aliphatic hydroxyl groups excluding tert-OH is 1. The average Bonchev–Trinajstić information content (AvgIpc) is 2.68. The zero-order valence-corrected chi connectivity index (χ0v) is 19.9. The third-order valence-electron chi connectivity index (χ3n) is 6.09. The first-order valence-corrected chi connectivity index (χ1v) is 13.3. The molecular weight excluding hydrogens is 405 g/mol. The van der Waals surface area contributed by atoms with E-state index in [0.717, 1.165) is 25.7 Å². The molecule has 1 aliphatic rings. The Hall–Kier alpha value is -0.950. The van der Waals surface area contributed by atoms with Gasteiger partial charge in [0, 0.05) is 12.7 Å². The minimum atomic E-state index is -3.46. The molecule has 1 aliphatic carbocycles. The van der Waals surface area contributed by atoms with Crippen molar-refractivity contribution >= 4 is 19.2 Å². The number of aliphatic hydroxyl groups is 1. The van der Waals surface area contributed by atoms with Crippen LogP contribution in [0.1, 0.15) is 66.2 Å². The van der Waals surface area contributed by atoms with Gasteiger partial charge in [0.1, 0.15) is 6.04 Å². The largest absolute Gasteiger partial charge is 0.391 e. The molecule has 6 N–H and O–H groups in total. The summed E-state index contributed by atoms with van der Waals surface area (Å²) in [4.78, 5) is 35.2. The molecule has 2 unspecified atom stereocenters. The van der Waals surface area contributed by atoms with Crippen LogP contribution in [0.5, 0.6) is 0 Å². The van der Waals surface area contributed by atoms with Gasteiger partial charge in [-0.15, -0.1) is 0 Å². The molecule has 1 saturated carbocycles. The highest BCUT2D eigenvalue weighted by Crippen LogP contribution is 2.45. The van der Waals surface area contributed by atoms with E-state index in [1.54, 1.807) is 0 Å². The van der Waals surface area contributed by atoms with Crippen LogP contribution in [-0.2, 0) is 14.2 Å². The highest BCUT2D eigenvalue weighted by Gasteiger charge is 2.31. The third kappa shape index (κ3) is 9.46. The van der Waals surface area contributed by atoms with Gasteiger partial charge in [0.25, 0.3) is 0 Å². The molecule has 176 valence electrons. The molecule has 0 saturated heterocycles. The minimum absolute atomic E-state index is 0.0599. The summed E-state index contributed by atoms with van der Waals surface area (Å²) in [6.45, 7) is 7.31. The fourth-order valence-corrected chi connectivity index (χ4v) is 5.93. The summed E-state index contributed by atoms with van der Waals surface area (Å²) in [6.07, 6.45) is 4.85. The summed E-state index contributed by atoms with van der Waals surface area (Å²) in [7, 11) is -3.46. The molecule has 30 heavy (non-hydrogen) atoms. The maximum absolute atomic E-state index is 12.6. The molecule has 1 rings (SSSR count). The number of nitrogens with two attached hydrogens (primary N) is 1. The quantitative estimate of drug-likeness (QED) is 0.289. The second kappa shape index (κ2) is 12.8. The van der Waals surface area contributed by atoms with Crippen LogP contribution >= 0.6 is 7.37 Å². The lowest BCUT2D eigenvalue weighted by molar-refractivity contribution is -0.131. The molecular formula is C21H42N3O5P. The first-order valence-electron chi connectivity index (χ1n) is 11.3. The second-order valence-corrected chi connectivity index (χ2v) is 11.7. The van der Waals surface area contributed by atoms with Gasteiger partial charge in [-0.3, -0.25) is 14.2 Å². The number of hydrogen-bond donors (Lipinski definition) is 5. The first kappa shape index (κ1) is 27.1. The smallest absolute Gasteiger partial charge is 0.242 e. The van der Waals surface area contributed by atoms with Gasteiger partial charge in [-0.05, 0) is 30.6 Å². The molecule has 1 fully saturated rings. The van der Waals surface area contributed by atoms with Gasteiger partial charge < -0.3 is 26.4 Å². The first-order chi connectivity index (χ1) is 14.0. The maximum atomic E-state index is 12.6. The van der Waals surface area contributed by atoms with Crippen LogP contribution in [0.4, 0.5) is 0 Å². The van der Waals surface area contributed by atoms with E-state index in [1.165, 1.54) is 6.42 Å². The predicted molar refractivity (Wildman–Crippen MR) is 119 cm³/mol. The van der Waals surface area contributed by atoms with Crippen LogP contribution in [0.2, 0.25) is 0 Å². The summed E-state index contributed by atoms with van der Waals surface area (Å²) in [5.74, 6) is -0.756. The maximum Gasteiger partial charge on any atom is 0.242 e. The van der Waals surface area contributed by atoms with Crippen molar-refractivity contribution in [1.82, 2.24) is 10.6 Å². The second-order valence-electron chi connectivity index (χ2n) is 9.26. The van der Waals surface area contributed by atoms with Crippen molar-refractivity contribution in [3.05, 3.63) is 0 Å². The van der Waals surface area contributed by atoms with Gasteiger partial charge in [-0.25, -0.2) is 0 Å². The number of nitrogens with one attached hydrogen (secondary N) is 2. The molecule has 0 spiro atoms. The summed E-state index contributed by atoms with van der Waals surface area (Å²) >= 11 is 0. The minimum Gasteiger partial charge on any atom is -0.391 e. The van der Waals surface area contributed by atoms with Crippen molar-refractivity contribution in [3.8, 4) is 0 Å². The van der Waals surface area contributed by atoms with Crippen LogP contribution < -0.4 is 16.4 Å². The molecule has 0 aromatic carbocycles. The van der Waals surface area contributed by atoms with Crippen molar-refractivity contribution < 1.29 is 24.2 Å². The molecule has 8 nitrogen and oxygen atoms in total. The molecule has 0 aliphatic heterocycles. The average molecular weight is 448 g/mol. The lowest BCUT2D eigenvalue weighted by atomic mass is 9.91. The Morgan fingerprint density at radius 3 is 2.27 bits per heavy atom. The molecule has 0 heterocycles. The third-order valence-corrected chi connectivity index (χ3v) is 8.17. The number of amides is 2. The Labute approximate surface area is 181 Å². The summed E-state index contributed by atoms with van der Waals surface area (Å²) in [6, 6.07) is -1.49. The van der Waals surface area contributed by atoms with E-state index in [4.69, 9.17) is 5.73 Å². The molecule has 9 heteroatoms. The van der Waals surface area contributed by atoms with E-state index in [-0.39, 0.29) is 36.6 Å². The van der Waals surface area contributed by atoms with E-state index in [2.05, 4.69) is 10.6 Å². The van der Waals surface area contributed by atoms with Crippen LogP contribution in [0.3, 0.4) is 0 Å². The van der Waals surface area contributed by atoms with E-state index in [9.17, 15) is 24.2 Å². The lowest BCUT2D eigenvalue weighted by Crippen LogP contribution is -2.55. The van der Waals surface area contributed by atoms with Crippen LogP contribution in [0.15, 0.2) is 0 Å². The highest BCUT2D eigenvalue weighted by atomic mass is 31.2. The van der Waals surface area contributed by atoms with Gasteiger partial charge in [0.05, 0.1) is 18.3 Å². The predicted octanol–water partition coefficient (Wildman–Crippen LogP) is 1.83. The molecule has 0 bridgehead atoms. The number of hydrogen-bond acceptors (Lipinski definition) is 5. The van der Waals surface area contributed by atoms with Crippen molar-refractivity contribution in [1.29, 1.82) is 0 Å². The zero-order valence-electron chi connectivity index (χ0n) is 19.0. The summed E-state index contributed by atoms with van der Waals surface area (Å²) in [5, 5.41) is 15.6. The zero-order chi connectivity index (χ0) is 22.9. The summed E-state index contributed by atoms with van der Waals surface area (Å²) < 4.78 is 12.5. The van der Waals surface area contributed by atoms with E-state index >= 15 is 0 Å². The Bertz CT molecular complexity index is 595. The van der Waals surface area contributed by atoms with Gasteiger partial charge >= 0.3 is 0 Å². The highest BCUT2D eigenvalue weighted by molar-refractivity contribution is 7.58. The van der Waals surface area contributed by atoms with Gasteiger partial charge in [-0.1, -0.05) is 53.4 Å². The molecule has 0 aromatic rings. The molecule has 2 amide bonds.